The van der Waals surface area contributed by atoms with E-state index >= 15 is 0 Å². The number of benzene rings is 2. The summed E-state index contributed by atoms with van der Waals surface area (Å²) in [5.41, 5.74) is 2.14. The molecule has 3 rings (SSSR count). The van der Waals surface area contributed by atoms with Gasteiger partial charge in [-0.2, -0.15) is 0 Å². The van der Waals surface area contributed by atoms with Crippen LogP contribution in [0.25, 0.3) is 0 Å². The predicted octanol–water partition coefficient (Wildman–Crippen LogP) is 4.21. The van der Waals surface area contributed by atoms with Gasteiger partial charge in [0.05, 0.1) is 22.3 Å². The highest BCUT2D eigenvalue weighted by atomic mass is 127. The molecule has 21 heavy (non-hydrogen) atoms. The molecule has 0 unspecified atom stereocenters. The number of ether oxygens (including phenoxy) is 2. The third kappa shape index (κ3) is 2.77. The zero-order valence-electron chi connectivity index (χ0n) is 11.9. The van der Waals surface area contributed by atoms with Crippen LogP contribution in [0.4, 0.5) is 0 Å². The van der Waals surface area contributed by atoms with Crippen LogP contribution in [0.3, 0.4) is 0 Å². The average Bonchev–Trinajstić information content (AvgIpc) is 2.90. The maximum Gasteiger partial charge on any atom is 0.218 e. The minimum absolute atomic E-state index is 0.0248. The summed E-state index contributed by atoms with van der Waals surface area (Å²) in [7, 11) is 1.67. The zero-order valence-corrected chi connectivity index (χ0v) is 14.1. The monoisotopic (exact) mass is 393 g/mol. The van der Waals surface area contributed by atoms with E-state index in [1.54, 1.807) is 7.11 Å². The number of hydrogen-bond donors (Lipinski definition) is 0. The van der Waals surface area contributed by atoms with Gasteiger partial charge in [-0.3, -0.25) is 0 Å². The molecule has 2 aromatic rings. The van der Waals surface area contributed by atoms with Gasteiger partial charge in [0.2, 0.25) is 5.90 Å². The van der Waals surface area contributed by atoms with E-state index in [4.69, 9.17) is 9.47 Å². The van der Waals surface area contributed by atoms with Gasteiger partial charge in [0.25, 0.3) is 0 Å². The SMILES string of the molecule is COc1cccc(C2=N[C@@H](C)[C@H](c3ccccc3)O2)c1I. The topological polar surface area (TPSA) is 30.8 Å². The summed E-state index contributed by atoms with van der Waals surface area (Å²) in [5.74, 6) is 1.54. The molecular formula is C17H16INO2. The Morgan fingerprint density at radius 2 is 1.86 bits per heavy atom. The largest absolute Gasteiger partial charge is 0.496 e. The smallest absolute Gasteiger partial charge is 0.218 e. The van der Waals surface area contributed by atoms with Gasteiger partial charge >= 0.3 is 0 Å². The van der Waals surface area contributed by atoms with Crippen LogP contribution >= 0.6 is 22.6 Å². The van der Waals surface area contributed by atoms with Crippen molar-refractivity contribution in [2.45, 2.75) is 19.1 Å². The van der Waals surface area contributed by atoms with E-state index in [1.807, 2.05) is 36.4 Å². The molecule has 0 N–H and O–H groups in total. The highest BCUT2D eigenvalue weighted by Crippen LogP contribution is 2.33. The third-order valence-electron chi connectivity index (χ3n) is 3.54. The van der Waals surface area contributed by atoms with E-state index in [0.29, 0.717) is 5.90 Å². The summed E-state index contributed by atoms with van der Waals surface area (Å²) < 4.78 is 12.5. The van der Waals surface area contributed by atoms with Crippen LogP contribution in [-0.4, -0.2) is 19.0 Å². The molecule has 1 aliphatic rings. The summed E-state index contributed by atoms with van der Waals surface area (Å²) in [6.07, 6.45) is -0.0248. The lowest BCUT2D eigenvalue weighted by Gasteiger charge is -2.15. The van der Waals surface area contributed by atoms with E-state index in [-0.39, 0.29) is 12.1 Å². The lowest BCUT2D eigenvalue weighted by molar-refractivity contribution is 0.202. The molecule has 0 spiro atoms. The van der Waals surface area contributed by atoms with Crippen molar-refractivity contribution in [1.29, 1.82) is 0 Å². The van der Waals surface area contributed by atoms with Crippen molar-refractivity contribution < 1.29 is 9.47 Å². The molecule has 2 aromatic carbocycles. The standard InChI is InChI=1S/C17H16INO2/c1-11-16(12-7-4-3-5-8-12)21-17(19-11)13-9-6-10-14(20-2)15(13)18/h3-11,16H,1-2H3/t11-,16+/m0/s1. The van der Waals surface area contributed by atoms with Crippen molar-refractivity contribution in [1.82, 2.24) is 0 Å². The fraction of sp³-hybridized carbons (Fsp3) is 0.235. The maximum absolute atomic E-state index is 6.12. The van der Waals surface area contributed by atoms with Crippen molar-refractivity contribution in [3.63, 3.8) is 0 Å². The second-order valence-electron chi connectivity index (χ2n) is 4.95. The van der Waals surface area contributed by atoms with Gasteiger partial charge < -0.3 is 9.47 Å². The van der Waals surface area contributed by atoms with Crippen molar-refractivity contribution >= 4 is 28.5 Å². The fourth-order valence-electron chi connectivity index (χ4n) is 2.46. The number of halogens is 1. The first-order valence-corrected chi connectivity index (χ1v) is 7.91. The van der Waals surface area contributed by atoms with Crippen molar-refractivity contribution in [3.05, 3.63) is 63.2 Å². The molecule has 1 aliphatic heterocycles. The maximum atomic E-state index is 6.12. The Labute approximate surface area is 138 Å². The zero-order chi connectivity index (χ0) is 14.8. The van der Waals surface area contributed by atoms with Gasteiger partial charge in [-0.25, -0.2) is 4.99 Å². The molecule has 0 amide bonds. The number of rotatable bonds is 3. The normalized spacial score (nSPS) is 20.8. The quantitative estimate of drug-likeness (QED) is 0.732. The first-order valence-electron chi connectivity index (χ1n) is 6.83. The summed E-state index contributed by atoms with van der Waals surface area (Å²) >= 11 is 2.27. The van der Waals surface area contributed by atoms with Crippen LogP contribution in [0, 0.1) is 3.57 Å². The molecule has 1 heterocycles. The Kier molecular flexibility index (Phi) is 4.14. The first-order chi connectivity index (χ1) is 10.2. The van der Waals surface area contributed by atoms with Crippen molar-refractivity contribution in [3.8, 4) is 5.75 Å². The molecular weight excluding hydrogens is 377 g/mol. The summed E-state index contributed by atoms with van der Waals surface area (Å²) in [6, 6.07) is 16.2. The van der Waals surface area contributed by atoms with E-state index in [9.17, 15) is 0 Å². The van der Waals surface area contributed by atoms with Gasteiger partial charge in [0.15, 0.2) is 0 Å². The minimum atomic E-state index is -0.0248. The Bertz CT molecular complexity index is 670. The molecule has 108 valence electrons. The summed E-state index contributed by atoms with van der Waals surface area (Å²) in [6.45, 7) is 2.08. The summed E-state index contributed by atoms with van der Waals surface area (Å²) in [4.78, 5) is 4.69. The second kappa shape index (κ2) is 6.05. The highest BCUT2D eigenvalue weighted by Gasteiger charge is 2.30. The second-order valence-corrected chi connectivity index (χ2v) is 6.02. The molecule has 0 aromatic heterocycles. The Balaban J connectivity index is 1.91. The highest BCUT2D eigenvalue weighted by molar-refractivity contribution is 14.1. The first kappa shape index (κ1) is 14.4. The van der Waals surface area contributed by atoms with Crippen LogP contribution in [-0.2, 0) is 4.74 Å². The number of hydrogen-bond acceptors (Lipinski definition) is 3. The van der Waals surface area contributed by atoms with Gasteiger partial charge in [-0.05, 0) is 47.2 Å². The van der Waals surface area contributed by atoms with Crippen LogP contribution in [0.5, 0.6) is 5.75 Å². The number of nitrogens with zero attached hydrogens (tertiary/aromatic N) is 1. The summed E-state index contributed by atoms with van der Waals surface area (Å²) in [5, 5.41) is 0. The molecule has 4 heteroatoms. The van der Waals surface area contributed by atoms with Gasteiger partial charge in [0.1, 0.15) is 11.9 Å². The predicted molar refractivity (Wildman–Crippen MR) is 92.0 cm³/mol. The van der Waals surface area contributed by atoms with Crippen molar-refractivity contribution in [2.75, 3.05) is 7.11 Å². The van der Waals surface area contributed by atoms with Crippen LogP contribution in [0.2, 0.25) is 0 Å². The minimum Gasteiger partial charge on any atom is -0.496 e. The van der Waals surface area contributed by atoms with Gasteiger partial charge in [-0.1, -0.05) is 36.4 Å². The molecule has 0 saturated heterocycles. The Morgan fingerprint density at radius 3 is 2.57 bits per heavy atom. The lowest BCUT2D eigenvalue weighted by Crippen LogP contribution is -2.11. The van der Waals surface area contributed by atoms with E-state index in [1.165, 1.54) is 0 Å². The Hall–Kier alpha value is -1.56. The molecule has 2 atom stereocenters. The third-order valence-corrected chi connectivity index (χ3v) is 4.65. The lowest BCUT2D eigenvalue weighted by atomic mass is 10.0. The van der Waals surface area contributed by atoms with E-state index in [0.717, 1.165) is 20.4 Å². The molecule has 3 nitrogen and oxygen atoms in total. The van der Waals surface area contributed by atoms with Crippen LogP contribution in [0.1, 0.15) is 24.2 Å². The van der Waals surface area contributed by atoms with E-state index < -0.39 is 0 Å². The van der Waals surface area contributed by atoms with Crippen LogP contribution in [0.15, 0.2) is 53.5 Å². The van der Waals surface area contributed by atoms with Crippen molar-refractivity contribution in [2.24, 2.45) is 4.99 Å². The fourth-order valence-corrected chi connectivity index (χ4v) is 3.27. The molecule has 0 fully saturated rings. The number of methoxy groups -OCH3 is 1. The van der Waals surface area contributed by atoms with Gasteiger partial charge in [0, 0.05) is 0 Å². The van der Waals surface area contributed by atoms with Crippen LogP contribution < -0.4 is 4.74 Å². The number of aliphatic imine (C=N–C) groups is 1. The molecule has 0 bridgehead atoms. The molecule has 0 saturated carbocycles. The average molecular weight is 393 g/mol. The van der Waals surface area contributed by atoms with E-state index in [2.05, 4.69) is 46.6 Å². The molecule has 0 radical (unpaired) electrons. The van der Waals surface area contributed by atoms with Gasteiger partial charge in [-0.15, -0.1) is 0 Å². The molecule has 0 aliphatic carbocycles. The Morgan fingerprint density at radius 1 is 1.10 bits per heavy atom.